The first kappa shape index (κ1) is 21.0. The predicted molar refractivity (Wildman–Crippen MR) is 98.7 cm³/mol. The first-order valence-electron chi connectivity index (χ1n) is 8.84. The van der Waals surface area contributed by atoms with E-state index in [9.17, 15) is 31.6 Å². The molecule has 158 valence electrons. The highest BCUT2D eigenvalue weighted by molar-refractivity contribution is 7.90. The van der Waals surface area contributed by atoms with Gasteiger partial charge in [0.25, 0.3) is 0 Å². The summed E-state index contributed by atoms with van der Waals surface area (Å²) in [6.45, 7) is 0.0611. The van der Waals surface area contributed by atoms with E-state index in [-0.39, 0.29) is 30.8 Å². The first-order valence-corrected chi connectivity index (χ1v) is 10.9. The summed E-state index contributed by atoms with van der Waals surface area (Å²) in [5.74, 6) is -2.79. The molecule has 2 aliphatic rings. The number of rotatable bonds is 5. The molecular formula is C17H20F2N4O5S. The van der Waals surface area contributed by atoms with Crippen LogP contribution in [0.1, 0.15) is 12.8 Å². The van der Waals surface area contributed by atoms with E-state index >= 15 is 0 Å². The van der Waals surface area contributed by atoms with E-state index in [1.54, 1.807) is 0 Å². The van der Waals surface area contributed by atoms with Crippen molar-refractivity contribution in [3.63, 3.8) is 0 Å². The maximum Gasteiger partial charge on any atom is 0.319 e. The number of piperazine rings is 1. The van der Waals surface area contributed by atoms with Gasteiger partial charge in [-0.15, -0.1) is 0 Å². The van der Waals surface area contributed by atoms with Crippen LogP contribution in [-0.4, -0.2) is 67.8 Å². The van der Waals surface area contributed by atoms with E-state index in [1.165, 1.54) is 4.90 Å². The highest BCUT2D eigenvalue weighted by atomic mass is 32.2. The maximum absolute atomic E-state index is 13.6. The average molecular weight is 430 g/mol. The summed E-state index contributed by atoms with van der Waals surface area (Å²) in [4.78, 5) is 38.3. The lowest BCUT2D eigenvalue weighted by atomic mass is 10.1. The van der Waals surface area contributed by atoms with Crippen molar-refractivity contribution in [2.75, 3.05) is 23.9 Å². The van der Waals surface area contributed by atoms with Gasteiger partial charge >= 0.3 is 6.03 Å². The molecule has 0 unspecified atom stereocenters. The van der Waals surface area contributed by atoms with Crippen molar-refractivity contribution in [1.29, 1.82) is 0 Å². The van der Waals surface area contributed by atoms with Crippen LogP contribution in [0.2, 0.25) is 0 Å². The first-order chi connectivity index (χ1) is 13.5. The number of hydrogen-bond acceptors (Lipinski definition) is 5. The Hall–Kier alpha value is -2.76. The van der Waals surface area contributed by atoms with Gasteiger partial charge in [0.2, 0.25) is 11.8 Å². The molecule has 2 saturated heterocycles. The number of halogens is 2. The Morgan fingerprint density at radius 2 is 2.03 bits per heavy atom. The van der Waals surface area contributed by atoms with Crippen LogP contribution in [0.5, 0.6) is 0 Å². The molecule has 12 heteroatoms. The van der Waals surface area contributed by atoms with Gasteiger partial charge in [0.1, 0.15) is 33.6 Å². The molecule has 2 heterocycles. The van der Waals surface area contributed by atoms with Crippen molar-refractivity contribution in [1.82, 2.24) is 15.5 Å². The lowest BCUT2D eigenvalue weighted by Crippen LogP contribution is -2.61. The number of carbonyl (C=O) groups is 3. The lowest BCUT2D eigenvalue weighted by Gasteiger charge is -2.34. The van der Waals surface area contributed by atoms with Crippen LogP contribution in [0.15, 0.2) is 18.2 Å². The van der Waals surface area contributed by atoms with Gasteiger partial charge in [0.15, 0.2) is 0 Å². The van der Waals surface area contributed by atoms with Gasteiger partial charge < -0.3 is 20.9 Å². The van der Waals surface area contributed by atoms with Gasteiger partial charge in [0.05, 0.1) is 17.5 Å². The minimum Gasteiger partial charge on any atom is -0.342 e. The second kappa shape index (κ2) is 7.93. The third-order valence-corrected chi connectivity index (χ3v) is 5.77. The van der Waals surface area contributed by atoms with E-state index in [2.05, 4.69) is 16.0 Å². The van der Waals surface area contributed by atoms with E-state index < -0.39 is 57.4 Å². The molecule has 1 aromatic rings. The highest BCUT2D eigenvalue weighted by Crippen LogP contribution is 2.24. The Morgan fingerprint density at radius 3 is 2.69 bits per heavy atom. The van der Waals surface area contributed by atoms with Gasteiger partial charge in [-0.2, -0.15) is 0 Å². The zero-order chi connectivity index (χ0) is 21.3. The summed E-state index contributed by atoms with van der Waals surface area (Å²) in [6.07, 6.45) is 1.17. The number of nitrogens with one attached hydrogen (secondary N) is 3. The Morgan fingerprint density at radius 1 is 1.31 bits per heavy atom. The zero-order valence-corrected chi connectivity index (χ0v) is 16.3. The SMILES string of the molecule is CS(=O)(=O)CC[C@@H]1NC(=O)[C@@H]2C[C@H](NC(=O)Nc3ccc(F)cc3F)CN2C1=O. The van der Waals surface area contributed by atoms with Crippen molar-refractivity contribution < 1.29 is 31.6 Å². The van der Waals surface area contributed by atoms with Gasteiger partial charge in [-0.1, -0.05) is 0 Å². The van der Waals surface area contributed by atoms with E-state index in [0.29, 0.717) is 6.07 Å². The van der Waals surface area contributed by atoms with Crippen LogP contribution < -0.4 is 16.0 Å². The number of benzene rings is 1. The third kappa shape index (κ3) is 5.00. The van der Waals surface area contributed by atoms with Crippen molar-refractivity contribution in [3.8, 4) is 0 Å². The molecule has 1 aromatic carbocycles. The molecule has 29 heavy (non-hydrogen) atoms. The quantitative estimate of drug-likeness (QED) is 0.606. The summed E-state index contributed by atoms with van der Waals surface area (Å²) in [5.41, 5.74) is -0.214. The summed E-state index contributed by atoms with van der Waals surface area (Å²) in [7, 11) is -3.29. The molecule has 3 rings (SSSR count). The number of urea groups is 1. The Kier molecular flexibility index (Phi) is 5.73. The minimum absolute atomic E-state index is 0.0327. The van der Waals surface area contributed by atoms with Crippen molar-refractivity contribution in [3.05, 3.63) is 29.8 Å². The van der Waals surface area contributed by atoms with Crippen LogP contribution in [-0.2, 0) is 19.4 Å². The number of anilines is 1. The van der Waals surface area contributed by atoms with Crippen molar-refractivity contribution in [2.45, 2.75) is 31.0 Å². The third-order valence-electron chi connectivity index (χ3n) is 4.79. The lowest BCUT2D eigenvalue weighted by molar-refractivity contribution is -0.147. The van der Waals surface area contributed by atoms with Crippen LogP contribution in [0.25, 0.3) is 0 Å². The highest BCUT2D eigenvalue weighted by Gasteiger charge is 2.46. The maximum atomic E-state index is 13.6. The fraction of sp³-hybridized carbons (Fsp3) is 0.471. The van der Waals surface area contributed by atoms with Gasteiger partial charge in [-0.25, -0.2) is 22.0 Å². The monoisotopic (exact) mass is 430 g/mol. The van der Waals surface area contributed by atoms with Crippen LogP contribution in [0.4, 0.5) is 19.3 Å². The molecular weight excluding hydrogens is 410 g/mol. The Labute approximate surface area is 165 Å². The molecule has 9 nitrogen and oxygen atoms in total. The van der Waals surface area contributed by atoms with Gasteiger partial charge in [0, 0.05) is 18.9 Å². The molecule has 0 saturated carbocycles. The van der Waals surface area contributed by atoms with Crippen LogP contribution >= 0.6 is 0 Å². The molecule has 0 radical (unpaired) electrons. The standard InChI is InChI=1S/C17H20F2N4O5S/c1-29(27,28)5-4-13-16(25)23-8-10(7-14(23)15(24)21-13)20-17(26)22-12-3-2-9(18)6-11(12)19/h2-3,6,10,13-14H,4-5,7-8H2,1H3,(H,21,24)(H2,20,22,26)/t10-,13-,14-/m0/s1. The zero-order valence-electron chi connectivity index (χ0n) is 15.4. The second-order valence-electron chi connectivity index (χ2n) is 7.14. The van der Waals surface area contributed by atoms with Gasteiger partial charge in [-0.05, 0) is 25.0 Å². The largest absolute Gasteiger partial charge is 0.342 e. The van der Waals surface area contributed by atoms with E-state index in [4.69, 9.17) is 0 Å². The minimum atomic E-state index is -3.29. The predicted octanol–water partition coefficient (Wildman–Crippen LogP) is -0.0111. The number of amides is 4. The molecule has 3 N–H and O–H groups in total. The fourth-order valence-electron chi connectivity index (χ4n) is 3.42. The number of carbonyl (C=O) groups excluding carboxylic acids is 3. The molecule has 0 aromatic heterocycles. The number of fused-ring (bicyclic) bond motifs is 1. The molecule has 0 aliphatic carbocycles. The van der Waals surface area contributed by atoms with Crippen molar-refractivity contribution >= 4 is 33.4 Å². The van der Waals surface area contributed by atoms with Crippen molar-refractivity contribution in [2.24, 2.45) is 0 Å². The average Bonchev–Trinajstić information content (AvgIpc) is 3.03. The number of hydrogen-bond donors (Lipinski definition) is 3. The molecule has 2 fully saturated rings. The Bertz CT molecular complexity index is 955. The number of nitrogens with zero attached hydrogens (tertiary/aromatic N) is 1. The Balaban J connectivity index is 1.60. The fourth-order valence-corrected chi connectivity index (χ4v) is 4.09. The summed E-state index contributed by atoms with van der Waals surface area (Å²) < 4.78 is 49.2. The van der Waals surface area contributed by atoms with Gasteiger partial charge in [-0.3, -0.25) is 9.59 Å². The molecule has 4 amide bonds. The normalized spacial score (nSPS) is 24.1. The van der Waals surface area contributed by atoms with Crippen LogP contribution in [0, 0.1) is 11.6 Å². The molecule has 0 spiro atoms. The summed E-state index contributed by atoms with van der Waals surface area (Å²) >= 11 is 0. The smallest absolute Gasteiger partial charge is 0.319 e. The number of sulfone groups is 1. The molecule has 3 atom stereocenters. The topological polar surface area (TPSA) is 125 Å². The molecule has 0 bridgehead atoms. The van der Waals surface area contributed by atoms with E-state index in [1.807, 2.05) is 0 Å². The molecule has 2 aliphatic heterocycles. The summed E-state index contributed by atoms with van der Waals surface area (Å²) in [6, 6.07) is -0.335. The van der Waals surface area contributed by atoms with Crippen LogP contribution in [0.3, 0.4) is 0 Å². The van der Waals surface area contributed by atoms with E-state index in [0.717, 1.165) is 18.4 Å². The summed E-state index contributed by atoms with van der Waals surface area (Å²) in [5, 5.41) is 7.34. The second-order valence-corrected chi connectivity index (χ2v) is 9.40.